The molecule has 9 heteroatoms. The third-order valence-corrected chi connectivity index (χ3v) is 4.43. The molecule has 0 bridgehead atoms. The second kappa shape index (κ2) is 6.90. The number of carbonyl (C=O) groups excluding carboxylic acids is 1. The van der Waals surface area contributed by atoms with Gasteiger partial charge in [-0.15, -0.1) is 0 Å². The number of anilines is 1. The van der Waals surface area contributed by atoms with E-state index in [2.05, 4.69) is 15.3 Å². The molecule has 26 heavy (non-hydrogen) atoms. The Morgan fingerprint density at radius 2 is 2.23 bits per heavy atom. The van der Waals surface area contributed by atoms with Crippen LogP contribution < -0.4 is 5.32 Å². The number of imidazole rings is 1. The van der Waals surface area contributed by atoms with Gasteiger partial charge in [0, 0.05) is 25.7 Å². The fourth-order valence-corrected chi connectivity index (χ4v) is 3.13. The number of likely N-dealkylation sites (tertiary alicyclic amines) is 1. The maximum absolute atomic E-state index is 14.6. The van der Waals surface area contributed by atoms with E-state index in [1.807, 2.05) is 27.7 Å². The fraction of sp³-hybridized carbons (Fsp3) is 0.588. The first-order chi connectivity index (χ1) is 12.2. The minimum atomic E-state index is -0.628. The highest BCUT2D eigenvalue weighted by atomic mass is 35.5. The Bertz CT molecular complexity index is 833. The van der Waals surface area contributed by atoms with Gasteiger partial charge in [0.1, 0.15) is 16.8 Å². The van der Waals surface area contributed by atoms with Crippen LogP contribution in [0.5, 0.6) is 0 Å². The van der Waals surface area contributed by atoms with Gasteiger partial charge in [-0.05, 0) is 34.1 Å². The number of fused-ring (bicyclic) bond motifs is 1. The lowest BCUT2D eigenvalue weighted by atomic mass is 10.2. The van der Waals surface area contributed by atoms with Gasteiger partial charge < -0.3 is 19.5 Å². The summed E-state index contributed by atoms with van der Waals surface area (Å²) >= 11 is 5.96. The van der Waals surface area contributed by atoms with Gasteiger partial charge in [0.15, 0.2) is 16.6 Å². The van der Waals surface area contributed by atoms with Crippen molar-refractivity contribution in [1.82, 2.24) is 19.4 Å². The van der Waals surface area contributed by atoms with Crippen molar-refractivity contribution in [3.8, 4) is 0 Å². The molecule has 1 N–H and O–H groups in total. The Kier molecular flexibility index (Phi) is 4.96. The van der Waals surface area contributed by atoms with E-state index in [0.29, 0.717) is 37.2 Å². The maximum Gasteiger partial charge on any atom is 0.410 e. The van der Waals surface area contributed by atoms with Crippen LogP contribution in [0.4, 0.5) is 14.9 Å². The molecule has 0 unspecified atom stereocenters. The van der Waals surface area contributed by atoms with Gasteiger partial charge in [-0.1, -0.05) is 11.6 Å². The third kappa shape index (κ3) is 3.70. The van der Waals surface area contributed by atoms with E-state index >= 15 is 0 Å². The number of ether oxygens (including phenoxy) is 1. The molecule has 0 aromatic carbocycles. The first kappa shape index (κ1) is 18.7. The van der Waals surface area contributed by atoms with Crippen LogP contribution in [0.25, 0.3) is 11.2 Å². The van der Waals surface area contributed by atoms with E-state index in [1.165, 1.54) is 0 Å². The standard InChI is InChI=1S/C17H23ClFN5O2/c1-5-23-9-20-13-12(11(19)14(18)22-15(13)23)21-10-6-7-24(8-10)16(25)26-17(2,3)4/h9-10H,5-8H2,1-4H3,(H,21,22)/t10-/m0/s1. The lowest BCUT2D eigenvalue weighted by molar-refractivity contribution is 0.0293. The van der Waals surface area contributed by atoms with Crippen molar-refractivity contribution in [3.63, 3.8) is 0 Å². The number of halogens is 2. The number of carbonyl (C=O) groups is 1. The minimum Gasteiger partial charge on any atom is -0.444 e. The molecular weight excluding hydrogens is 361 g/mol. The monoisotopic (exact) mass is 383 g/mol. The summed E-state index contributed by atoms with van der Waals surface area (Å²) in [7, 11) is 0. The first-order valence-corrected chi connectivity index (χ1v) is 9.01. The van der Waals surface area contributed by atoms with Crippen LogP contribution in [0.3, 0.4) is 0 Å². The minimum absolute atomic E-state index is 0.120. The molecule has 3 heterocycles. The maximum atomic E-state index is 14.6. The van der Waals surface area contributed by atoms with Gasteiger partial charge in [0.05, 0.1) is 6.33 Å². The number of nitrogens with zero attached hydrogens (tertiary/aromatic N) is 4. The second-order valence-electron chi connectivity index (χ2n) is 7.35. The highest BCUT2D eigenvalue weighted by Gasteiger charge is 2.31. The summed E-state index contributed by atoms with van der Waals surface area (Å²) < 4.78 is 21.8. The number of pyridine rings is 1. The molecule has 142 valence electrons. The largest absolute Gasteiger partial charge is 0.444 e. The molecule has 1 aliphatic rings. The van der Waals surface area contributed by atoms with Gasteiger partial charge in [0.2, 0.25) is 0 Å². The van der Waals surface area contributed by atoms with Crippen LogP contribution in [-0.2, 0) is 11.3 Å². The Morgan fingerprint density at radius 3 is 2.88 bits per heavy atom. The predicted molar refractivity (Wildman–Crippen MR) is 98.0 cm³/mol. The smallest absolute Gasteiger partial charge is 0.410 e. The van der Waals surface area contributed by atoms with Crippen molar-refractivity contribution in [2.45, 2.75) is 52.3 Å². The number of hydrogen-bond donors (Lipinski definition) is 1. The van der Waals surface area contributed by atoms with Gasteiger partial charge in [-0.2, -0.15) is 0 Å². The average molecular weight is 384 g/mol. The van der Waals surface area contributed by atoms with E-state index in [0.717, 1.165) is 0 Å². The molecule has 1 fully saturated rings. The molecule has 1 atom stereocenters. The SMILES string of the molecule is CCn1cnc2c(N[C@H]3CCN(C(=O)OC(C)(C)C)C3)c(F)c(Cl)nc21. The van der Waals surface area contributed by atoms with Crippen LogP contribution in [0, 0.1) is 5.82 Å². The highest BCUT2D eigenvalue weighted by Crippen LogP contribution is 2.30. The lowest BCUT2D eigenvalue weighted by Gasteiger charge is -2.24. The van der Waals surface area contributed by atoms with E-state index in [9.17, 15) is 9.18 Å². The van der Waals surface area contributed by atoms with E-state index in [4.69, 9.17) is 16.3 Å². The quantitative estimate of drug-likeness (QED) is 0.819. The molecule has 1 amide bonds. The lowest BCUT2D eigenvalue weighted by Crippen LogP contribution is -2.36. The molecule has 0 spiro atoms. The highest BCUT2D eigenvalue weighted by molar-refractivity contribution is 6.30. The van der Waals surface area contributed by atoms with Crippen molar-refractivity contribution in [2.24, 2.45) is 0 Å². The van der Waals surface area contributed by atoms with Gasteiger partial charge in [0.25, 0.3) is 0 Å². The summed E-state index contributed by atoms with van der Waals surface area (Å²) in [5.74, 6) is -0.628. The number of amides is 1. The number of aromatic nitrogens is 3. The van der Waals surface area contributed by atoms with Crippen LogP contribution in [0.2, 0.25) is 5.15 Å². The molecule has 2 aromatic heterocycles. The fourth-order valence-electron chi connectivity index (χ4n) is 2.96. The molecule has 2 aromatic rings. The van der Waals surface area contributed by atoms with E-state index < -0.39 is 11.4 Å². The summed E-state index contributed by atoms with van der Waals surface area (Å²) in [6.07, 6.45) is 1.92. The molecule has 0 aliphatic carbocycles. The Morgan fingerprint density at radius 1 is 1.50 bits per heavy atom. The predicted octanol–water partition coefficient (Wildman–Crippen LogP) is 3.67. The molecule has 0 radical (unpaired) electrons. The van der Waals surface area contributed by atoms with Crippen molar-refractivity contribution in [2.75, 3.05) is 18.4 Å². The molecular formula is C17H23ClFN5O2. The number of aryl methyl sites for hydroxylation is 1. The second-order valence-corrected chi connectivity index (χ2v) is 7.71. The van der Waals surface area contributed by atoms with Crippen molar-refractivity contribution < 1.29 is 13.9 Å². The zero-order valence-electron chi connectivity index (χ0n) is 15.3. The molecule has 1 aliphatic heterocycles. The van der Waals surface area contributed by atoms with Crippen molar-refractivity contribution >= 4 is 34.5 Å². The van der Waals surface area contributed by atoms with Gasteiger partial charge in [-0.25, -0.2) is 19.2 Å². The number of hydrogen-bond acceptors (Lipinski definition) is 5. The van der Waals surface area contributed by atoms with Crippen molar-refractivity contribution in [1.29, 1.82) is 0 Å². The molecule has 3 rings (SSSR count). The van der Waals surface area contributed by atoms with Crippen LogP contribution >= 0.6 is 11.6 Å². The van der Waals surface area contributed by atoms with Gasteiger partial charge in [-0.3, -0.25) is 0 Å². The Balaban J connectivity index is 1.79. The van der Waals surface area contributed by atoms with Gasteiger partial charge >= 0.3 is 6.09 Å². The third-order valence-electron chi connectivity index (χ3n) is 4.18. The Hall–Kier alpha value is -2.09. The topological polar surface area (TPSA) is 72.3 Å². The Labute approximate surface area is 156 Å². The normalized spacial score (nSPS) is 17.8. The number of nitrogens with one attached hydrogen (secondary N) is 1. The van der Waals surface area contributed by atoms with Crippen LogP contribution in [0.15, 0.2) is 6.33 Å². The summed E-state index contributed by atoms with van der Waals surface area (Å²) in [6.45, 7) is 9.04. The summed E-state index contributed by atoms with van der Waals surface area (Å²) in [6, 6.07) is -0.120. The molecule has 1 saturated heterocycles. The summed E-state index contributed by atoms with van der Waals surface area (Å²) in [4.78, 5) is 22.2. The van der Waals surface area contributed by atoms with E-state index in [1.54, 1.807) is 15.8 Å². The molecule has 0 saturated carbocycles. The first-order valence-electron chi connectivity index (χ1n) is 8.64. The summed E-state index contributed by atoms with van der Waals surface area (Å²) in [5, 5.41) is 2.96. The zero-order chi connectivity index (χ0) is 19.1. The van der Waals surface area contributed by atoms with Crippen LogP contribution in [0.1, 0.15) is 34.1 Å². The molecule has 7 nitrogen and oxygen atoms in total. The summed E-state index contributed by atoms with van der Waals surface area (Å²) in [5.41, 5.74) is 0.642. The van der Waals surface area contributed by atoms with E-state index in [-0.39, 0.29) is 23.0 Å². The zero-order valence-corrected chi connectivity index (χ0v) is 16.1. The van der Waals surface area contributed by atoms with Crippen LogP contribution in [-0.4, -0.2) is 50.3 Å². The van der Waals surface area contributed by atoms with Crippen molar-refractivity contribution in [3.05, 3.63) is 17.3 Å². The average Bonchev–Trinajstić information content (AvgIpc) is 3.16. The number of rotatable bonds is 3.